The van der Waals surface area contributed by atoms with E-state index in [0.717, 1.165) is 33.5 Å². The van der Waals surface area contributed by atoms with E-state index in [0.29, 0.717) is 5.69 Å². The number of carbonyl (C=O) groups is 2. The average molecular weight is 416 g/mol. The summed E-state index contributed by atoms with van der Waals surface area (Å²) in [6, 6.07) is 16.0. The fourth-order valence-electron chi connectivity index (χ4n) is 3.83. The second-order valence-corrected chi connectivity index (χ2v) is 7.92. The highest BCUT2D eigenvalue weighted by molar-refractivity contribution is 6.06. The van der Waals surface area contributed by atoms with Crippen molar-refractivity contribution < 1.29 is 9.59 Å². The molecule has 2 amide bonds. The number of anilines is 2. The van der Waals surface area contributed by atoms with E-state index in [4.69, 9.17) is 0 Å². The number of hydrogen-bond donors (Lipinski definition) is 1. The maximum Gasteiger partial charge on any atom is 0.278 e. The number of nitrogens with zero attached hydrogens (tertiary/aromatic N) is 3. The summed E-state index contributed by atoms with van der Waals surface area (Å²) < 4.78 is 1.02. The van der Waals surface area contributed by atoms with Crippen LogP contribution in [0, 0.1) is 13.8 Å². The predicted molar refractivity (Wildman–Crippen MR) is 119 cm³/mol. The van der Waals surface area contributed by atoms with Crippen molar-refractivity contribution in [1.29, 1.82) is 0 Å². The normalized spacial score (nSPS) is 14.9. The van der Waals surface area contributed by atoms with Gasteiger partial charge in [0.05, 0.1) is 0 Å². The van der Waals surface area contributed by atoms with E-state index in [2.05, 4.69) is 10.4 Å². The molecule has 1 aliphatic rings. The van der Waals surface area contributed by atoms with Crippen LogP contribution in [0.25, 0.3) is 0 Å². The molecular weight excluding hydrogens is 392 g/mol. The molecule has 2 aromatic carbocycles. The molecule has 7 heteroatoms. The Balaban J connectivity index is 1.54. The fourth-order valence-corrected chi connectivity index (χ4v) is 3.83. The second-order valence-electron chi connectivity index (χ2n) is 7.92. The molecule has 0 aliphatic carbocycles. The number of benzene rings is 2. The number of carbonyl (C=O) groups excluding carboxylic acids is 2. The van der Waals surface area contributed by atoms with Gasteiger partial charge in [0.25, 0.3) is 11.5 Å². The molecule has 7 nitrogen and oxygen atoms in total. The van der Waals surface area contributed by atoms with Gasteiger partial charge in [0, 0.05) is 23.5 Å². The van der Waals surface area contributed by atoms with Crippen molar-refractivity contribution >= 4 is 23.2 Å². The number of aromatic nitrogens is 2. The summed E-state index contributed by atoms with van der Waals surface area (Å²) in [4.78, 5) is 39.6. The van der Waals surface area contributed by atoms with Crippen LogP contribution in [0.2, 0.25) is 0 Å². The molecule has 3 aromatic rings. The average Bonchev–Trinajstić information content (AvgIpc) is 3.07. The molecular formula is C24H24N4O3. The SMILES string of the molecule is Cc1ccc(NC(=O)Cn2nc(C(=O)N3c4ccccc4C[C@@H]3C)ccc2=O)cc1C. The van der Waals surface area contributed by atoms with Crippen LogP contribution in [0.5, 0.6) is 0 Å². The zero-order chi connectivity index (χ0) is 22.1. The number of para-hydroxylation sites is 1. The predicted octanol–water partition coefficient (Wildman–Crippen LogP) is 3.09. The molecule has 0 saturated heterocycles. The van der Waals surface area contributed by atoms with Gasteiger partial charge in [0.1, 0.15) is 12.2 Å². The van der Waals surface area contributed by atoms with Gasteiger partial charge in [-0.2, -0.15) is 5.10 Å². The molecule has 0 radical (unpaired) electrons. The van der Waals surface area contributed by atoms with Gasteiger partial charge in [-0.3, -0.25) is 14.4 Å². The van der Waals surface area contributed by atoms with Crippen LogP contribution >= 0.6 is 0 Å². The Bertz CT molecular complexity index is 1230. The maximum atomic E-state index is 13.2. The van der Waals surface area contributed by atoms with Crippen molar-refractivity contribution in [2.45, 2.75) is 39.8 Å². The summed E-state index contributed by atoms with van der Waals surface area (Å²) in [7, 11) is 0. The monoisotopic (exact) mass is 416 g/mol. The third kappa shape index (κ3) is 4.12. The minimum atomic E-state index is -0.443. The highest BCUT2D eigenvalue weighted by Crippen LogP contribution is 2.32. The van der Waals surface area contributed by atoms with Crippen LogP contribution in [-0.2, 0) is 17.8 Å². The molecule has 0 spiro atoms. The van der Waals surface area contributed by atoms with E-state index in [9.17, 15) is 14.4 Å². The van der Waals surface area contributed by atoms with Gasteiger partial charge >= 0.3 is 0 Å². The number of rotatable bonds is 4. The number of hydrogen-bond acceptors (Lipinski definition) is 4. The molecule has 0 unspecified atom stereocenters. The Kier molecular flexibility index (Phi) is 5.42. The Hall–Kier alpha value is -3.74. The van der Waals surface area contributed by atoms with Crippen LogP contribution in [0.3, 0.4) is 0 Å². The fraction of sp³-hybridized carbons (Fsp3) is 0.250. The summed E-state index contributed by atoms with van der Waals surface area (Å²) in [6.45, 7) is 5.65. The van der Waals surface area contributed by atoms with Crippen LogP contribution in [0.15, 0.2) is 59.4 Å². The van der Waals surface area contributed by atoms with Crippen molar-refractivity contribution in [2.24, 2.45) is 0 Å². The van der Waals surface area contributed by atoms with E-state index in [1.165, 1.54) is 12.1 Å². The molecule has 0 fully saturated rings. The van der Waals surface area contributed by atoms with E-state index in [-0.39, 0.29) is 30.1 Å². The Morgan fingerprint density at radius 2 is 1.84 bits per heavy atom. The highest BCUT2D eigenvalue weighted by Gasteiger charge is 2.32. The van der Waals surface area contributed by atoms with Gasteiger partial charge < -0.3 is 10.2 Å². The minimum Gasteiger partial charge on any atom is -0.324 e. The minimum absolute atomic E-state index is 0.0137. The Labute approximate surface area is 180 Å². The molecule has 1 atom stereocenters. The van der Waals surface area contributed by atoms with Crippen molar-refractivity contribution in [3.8, 4) is 0 Å². The lowest BCUT2D eigenvalue weighted by Gasteiger charge is -2.22. The largest absolute Gasteiger partial charge is 0.324 e. The second kappa shape index (κ2) is 8.18. The lowest BCUT2D eigenvalue weighted by molar-refractivity contribution is -0.117. The van der Waals surface area contributed by atoms with Gasteiger partial charge in [-0.15, -0.1) is 0 Å². The number of nitrogens with one attached hydrogen (secondary N) is 1. The van der Waals surface area contributed by atoms with Crippen molar-refractivity contribution in [3.63, 3.8) is 0 Å². The van der Waals surface area contributed by atoms with Crippen molar-refractivity contribution in [2.75, 3.05) is 10.2 Å². The van der Waals surface area contributed by atoms with Crippen LogP contribution in [0.4, 0.5) is 11.4 Å². The summed E-state index contributed by atoms with van der Waals surface area (Å²) in [5.41, 5.74) is 4.47. The Morgan fingerprint density at radius 1 is 1.06 bits per heavy atom. The topological polar surface area (TPSA) is 84.3 Å². The van der Waals surface area contributed by atoms with E-state index in [1.54, 1.807) is 4.90 Å². The van der Waals surface area contributed by atoms with Crippen LogP contribution in [-0.4, -0.2) is 27.6 Å². The first-order valence-electron chi connectivity index (χ1n) is 10.2. The Morgan fingerprint density at radius 3 is 2.61 bits per heavy atom. The first kappa shape index (κ1) is 20.5. The number of aryl methyl sites for hydroxylation is 2. The van der Waals surface area contributed by atoms with Gasteiger partial charge in [-0.25, -0.2) is 4.68 Å². The molecule has 1 N–H and O–H groups in total. The molecule has 2 heterocycles. The summed E-state index contributed by atoms with van der Waals surface area (Å²) >= 11 is 0. The molecule has 31 heavy (non-hydrogen) atoms. The first-order chi connectivity index (χ1) is 14.8. The third-order valence-electron chi connectivity index (χ3n) is 5.60. The van der Waals surface area contributed by atoms with E-state index >= 15 is 0 Å². The zero-order valence-electron chi connectivity index (χ0n) is 17.8. The molecule has 0 saturated carbocycles. The van der Waals surface area contributed by atoms with Gasteiger partial charge in [0.2, 0.25) is 5.91 Å². The molecule has 0 bridgehead atoms. The smallest absolute Gasteiger partial charge is 0.278 e. The third-order valence-corrected chi connectivity index (χ3v) is 5.60. The lowest BCUT2D eigenvalue weighted by atomic mass is 10.1. The van der Waals surface area contributed by atoms with Crippen molar-refractivity contribution in [1.82, 2.24) is 9.78 Å². The summed E-state index contributed by atoms with van der Waals surface area (Å²) in [6.07, 6.45) is 0.764. The zero-order valence-corrected chi connectivity index (χ0v) is 17.8. The number of fused-ring (bicyclic) bond motifs is 1. The molecule has 4 rings (SSSR count). The van der Waals surface area contributed by atoms with Gasteiger partial charge in [-0.05, 0) is 68.1 Å². The van der Waals surface area contributed by atoms with Gasteiger partial charge in [-0.1, -0.05) is 24.3 Å². The number of amides is 2. The molecule has 1 aliphatic heterocycles. The van der Waals surface area contributed by atoms with Gasteiger partial charge in [0.15, 0.2) is 0 Å². The van der Waals surface area contributed by atoms with E-state index in [1.807, 2.05) is 63.2 Å². The van der Waals surface area contributed by atoms with Crippen LogP contribution < -0.4 is 15.8 Å². The van der Waals surface area contributed by atoms with Crippen molar-refractivity contribution in [3.05, 3.63) is 87.3 Å². The first-order valence-corrected chi connectivity index (χ1v) is 10.2. The maximum absolute atomic E-state index is 13.2. The van der Waals surface area contributed by atoms with E-state index < -0.39 is 5.56 Å². The quantitative estimate of drug-likeness (QED) is 0.708. The molecule has 158 valence electrons. The lowest BCUT2D eigenvalue weighted by Crippen LogP contribution is -2.38. The standard InChI is InChI=1S/C24H24N4O3/c1-15-8-9-19(12-16(15)2)25-22(29)14-27-23(30)11-10-20(26-27)24(31)28-17(3)13-18-6-4-5-7-21(18)28/h4-12,17H,13-14H2,1-3H3,(H,25,29)/t17-/m0/s1. The molecule has 1 aromatic heterocycles. The van der Waals surface area contributed by atoms with Crippen LogP contribution in [0.1, 0.15) is 34.1 Å². The highest BCUT2D eigenvalue weighted by atomic mass is 16.2. The summed E-state index contributed by atoms with van der Waals surface area (Å²) in [5, 5.41) is 6.97. The summed E-state index contributed by atoms with van der Waals surface area (Å²) in [5.74, 6) is -0.678.